The molecular weight excluding hydrogens is 162 g/mol. The second-order valence-corrected chi connectivity index (χ2v) is 2.53. The summed E-state index contributed by atoms with van der Waals surface area (Å²) in [4.78, 5) is 4.14. The number of aliphatic imine (C=N–C) groups is 1. The van der Waals surface area contributed by atoms with E-state index in [-0.39, 0.29) is 0 Å². The third-order valence-corrected chi connectivity index (χ3v) is 1.59. The minimum atomic E-state index is 0.562. The first kappa shape index (κ1) is 9.48. The van der Waals surface area contributed by atoms with Gasteiger partial charge in [0.05, 0.1) is 5.69 Å². The molecule has 68 valence electrons. The van der Waals surface area contributed by atoms with E-state index in [1.54, 1.807) is 12.3 Å². The Balaban J connectivity index is 2.69. The molecule has 4 N–H and O–H groups in total. The minimum absolute atomic E-state index is 0.562. The Kier molecular flexibility index (Phi) is 3.73. The zero-order valence-corrected chi connectivity index (χ0v) is 7.35. The Hall–Kier alpha value is -1.61. The highest BCUT2D eigenvalue weighted by molar-refractivity contribution is 5.74. The molecule has 0 amide bonds. The van der Waals surface area contributed by atoms with Crippen molar-refractivity contribution in [1.29, 1.82) is 0 Å². The van der Waals surface area contributed by atoms with Gasteiger partial charge in [-0.1, -0.05) is 12.1 Å². The van der Waals surface area contributed by atoms with Gasteiger partial charge in [0.15, 0.2) is 0 Å². The molecule has 0 saturated heterocycles. The van der Waals surface area contributed by atoms with Gasteiger partial charge in [0.2, 0.25) is 0 Å². The van der Waals surface area contributed by atoms with E-state index in [0.717, 1.165) is 11.3 Å². The van der Waals surface area contributed by atoms with Gasteiger partial charge >= 0.3 is 0 Å². The summed E-state index contributed by atoms with van der Waals surface area (Å²) in [6.45, 7) is 0.562. The fraction of sp³-hybridized carbons (Fsp3) is 0.100. The van der Waals surface area contributed by atoms with Crippen LogP contribution < -0.4 is 11.5 Å². The first-order valence-electron chi connectivity index (χ1n) is 4.06. The summed E-state index contributed by atoms with van der Waals surface area (Å²) >= 11 is 0. The molecule has 3 nitrogen and oxygen atoms in total. The van der Waals surface area contributed by atoms with Crippen molar-refractivity contribution in [2.24, 2.45) is 16.5 Å². The number of benzene rings is 1. The Bertz CT molecular complexity index is 298. The molecule has 0 fully saturated rings. The van der Waals surface area contributed by atoms with Crippen molar-refractivity contribution in [1.82, 2.24) is 0 Å². The van der Waals surface area contributed by atoms with Crippen LogP contribution in [0.5, 0.6) is 0 Å². The minimum Gasteiger partial charge on any atom is -0.405 e. The lowest BCUT2D eigenvalue weighted by Crippen LogP contribution is -1.94. The third-order valence-electron chi connectivity index (χ3n) is 1.59. The summed E-state index contributed by atoms with van der Waals surface area (Å²) in [5.41, 5.74) is 12.6. The zero-order valence-electron chi connectivity index (χ0n) is 7.35. The monoisotopic (exact) mass is 175 g/mol. The van der Waals surface area contributed by atoms with Crippen LogP contribution in [0, 0.1) is 0 Å². The van der Waals surface area contributed by atoms with Gasteiger partial charge in [0, 0.05) is 12.8 Å². The van der Waals surface area contributed by atoms with Gasteiger partial charge in [-0.25, -0.2) is 0 Å². The molecular formula is C10H13N3. The summed E-state index contributed by atoms with van der Waals surface area (Å²) < 4.78 is 0. The lowest BCUT2D eigenvalue weighted by molar-refractivity contribution is 1.07. The fourth-order valence-corrected chi connectivity index (χ4v) is 0.897. The average molecular weight is 175 g/mol. The van der Waals surface area contributed by atoms with E-state index in [1.807, 2.05) is 24.3 Å². The van der Waals surface area contributed by atoms with Crippen molar-refractivity contribution in [3.8, 4) is 0 Å². The molecule has 0 saturated carbocycles. The zero-order chi connectivity index (χ0) is 9.52. The second-order valence-electron chi connectivity index (χ2n) is 2.53. The largest absolute Gasteiger partial charge is 0.405 e. The molecule has 0 bridgehead atoms. The molecule has 0 aliphatic rings. The normalized spacial score (nSPS) is 11.5. The predicted octanol–water partition coefficient (Wildman–Crippen LogP) is 1.32. The summed E-state index contributed by atoms with van der Waals surface area (Å²) in [5.74, 6) is 0. The smallest absolute Gasteiger partial charge is 0.0629 e. The lowest BCUT2D eigenvalue weighted by atomic mass is 10.2. The Morgan fingerprint density at radius 3 is 2.46 bits per heavy atom. The summed E-state index contributed by atoms with van der Waals surface area (Å²) in [6.07, 6.45) is 4.77. The number of rotatable bonds is 3. The predicted molar refractivity (Wildman–Crippen MR) is 55.8 cm³/mol. The molecule has 1 aromatic carbocycles. The van der Waals surface area contributed by atoms with Crippen LogP contribution >= 0.6 is 0 Å². The topological polar surface area (TPSA) is 64.4 Å². The van der Waals surface area contributed by atoms with Crippen molar-refractivity contribution in [3.05, 3.63) is 42.1 Å². The molecule has 1 rings (SSSR count). The molecule has 0 atom stereocenters. The second kappa shape index (κ2) is 5.11. The first-order valence-corrected chi connectivity index (χ1v) is 4.06. The quantitative estimate of drug-likeness (QED) is 0.680. The number of hydrogen-bond acceptors (Lipinski definition) is 3. The van der Waals surface area contributed by atoms with E-state index in [0.29, 0.717) is 6.54 Å². The highest BCUT2D eigenvalue weighted by Crippen LogP contribution is 2.11. The van der Waals surface area contributed by atoms with Gasteiger partial charge in [-0.15, -0.1) is 0 Å². The van der Waals surface area contributed by atoms with E-state index >= 15 is 0 Å². The molecule has 0 aromatic heterocycles. The fourth-order valence-electron chi connectivity index (χ4n) is 0.897. The average Bonchev–Trinajstić information content (AvgIpc) is 2.19. The molecule has 1 aromatic rings. The summed E-state index contributed by atoms with van der Waals surface area (Å²) in [6, 6.07) is 7.75. The van der Waals surface area contributed by atoms with E-state index in [4.69, 9.17) is 11.5 Å². The van der Waals surface area contributed by atoms with Gasteiger partial charge < -0.3 is 11.5 Å². The highest BCUT2D eigenvalue weighted by Gasteiger charge is 1.88. The first-order chi connectivity index (χ1) is 6.36. The van der Waals surface area contributed by atoms with E-state index < -0.39 is 0 Å². The van der Waals surface area contributed by atoms with Crippen LogP contribution in [0.2, 0.25) is 0 Å². The Morgan fingerprint density at radius 1 is 1.23 bits per heavy atom. The van der Waals surface area contributed by atoms with Gasteiger partial charge in [-0.3, -0.25) is 4.99 Å². The summed E-state index contributed by atoms with van der Waals surface area (Å²) in [5, 5.41) is 0. The maximum absolute atomic E-state index is 5.46. The maximum atomic E-state index is 5.46. The van der Waals surface area contributed by atoms with Crippen LogP contribution in [0.15, 0.2) is 41.5 Å². The van der Waals surface area contributed by atoms with Crippen molar-refractivity contribution in [3.63, 3.8) is 0 Å². The van der Waals surface area contributed by atoms with Crippen molar-refractivity contribution >= 4 is 11.9 Å². The molecule has 0 unspecified atom stereocenters. The van der Waals surface area contributed by atoms with Crippen molar-refractivity contribution < 1.29 is 0 Å². The molecule has 0 aliphatic heterocycles. The van der Waals surface area contributed by atoms with Crippen LogP contribution in [-0.4, -0.2) is 6.21 Å². The van der Waals surface area contributed by atoms with E-state index in [9.17, 15) is 0 Å². The van der Waals surface area contributed by atoms with E-state index in [2.05, 4.69) is 4.99 Å². The molecule has 0 aliphatic carbocycles. The lowest BCUT2D eigenvalue weighted by Gasteiger charge is -1.95. The van der Waals surface area contributed by atoms with Crippen molar-refractivity contribution in [2.75, 3.05) is 0 Å². The number of nitrogens with two attached hydrogens (primary N) is 2. The Labute approximate surface area is 77.8 Å². The van der Waals surface area contributed by atoms with Crippen LogP contribution in [0.25, 0.3) is 0 Å². The van der Waals surface area contributed by atoms with Gasteiger partial charge in [-0.2, -0.15) is 0 Å². The van der Waals surface area contributed by atoms with Gasteiger partial charge in [0.25, 0.3) is 0 Å². The maximum Gasteiger partial charge on any atom is 0.0629 e. The highest BCUT2D eigenvalue weighted by atomic mass is 14.7. The van der Waals surface area contributed by atoms with E-state index in [1.165, 1.54) is 6.20 Å². The molecule has 0 heterocycles. The summed E-state index contributed by atoms with van der Waals surface area (Å²) in [7, 11) is 0. The SMILES string of the molecule is NC=CC=Nc1ccc(CN)cc1. The number of hydrogen-bond donors (Lipinski definition) is 2. The van der Waals surface area contributed by atoms with Crippen LogP contribution in [0.1, 0.15) is 5.56 Å². The number of nitrogens with zero attached hydrogens (tertiary/aromatic N) is 1. The number of allylic oxidation sites excluding steroid dienone is 1. The van der Waals surface area contributed by atoms with Crippen molar-refractivity contribution in [2.45, 2.75) is 6.54 Å². The molecule has 0 spiro atoms. The molecule has 0 radical (unpaired) electrons. The van der Waals surface area contributed by atoms with Crippen LogP contribution in [0.4, 0.5) is 5.69 Å². The van der Waals surface area contributed by atoms with Crippen LogP contribution in [0.3, 0.4) is 0 Å². The van der Waals surface area contributed by atoms with Crippen LogP contribution in [-0.2, 0) is 6.54 Å². The standard InChI is InChI=1S/C10H13N3/c11-6-1-7-13-10-4-2-9(8-12)3-5-10/h1-7H,8,11-12H2. The van der Waals surface area contributed by atoms with Gasteiger partial charge in [-0.05, 0) is 30.0 Å². The van der Waals surface area contributed by atoms with Gasteiger partial charge in [0.1, 0.15) is 0 Å². The molecule has 13 heavy (non-hydrogen) atoms. The third kappa shape index (κ3) is 3.09. The Morgan fingerprint density at radius 2 is 1.92 bits per heavy atom. The molecule has 3 heteroatoms.